The Morgan fingerprint density at radius 1 is 1.40 bits per heavy atom. The average molecular weight is 315 g/mol. The van der Waals surface area contributed by atoms with E-state index < -0.39 is 9.75 Å². The summed E-state index contributed by atoms with van der Waals surface area (Å²) in [5.41, 5.74) is 0.470. The molecule has 110 valence electrons. The first-order chi connectivity index (χ1) is 9.28. The standard InChI is InChI=1S/C15H20Cl2N2O/c1-11(19(3)12-7-5-4-6-8-12)9-18-13(20)14(2)10-15(14,16)17/h4-8,11H,9-10H2,1-3H3,(H,18,20)/t11-,14+/m0/s1. The van der Waals surface area contributed by atoms with Crippen molar-refractivity contribution in [2.45, 2.75) is 30.6 Å². The van der Waals surface area contributed by atoms with Gasteiger partial charge in [0.15, 0.2) is 0 Å². The van der Waals surface area contributed by atoms with Crippen molar-refractivity contribution in [1.29, 1.82) is 0 Å². The van der Waals surface area contributed by atoms with Crippen LogP contribution in [0.25, 0.3) is 0 Å². The van der Waals surface area contributed by atoms with Gasteiger partial charge in [-0.3, -0.25) is 4.79 Å². The van der Waals surface area contributed by atoms with Crippen LogP contribution in [0.2, 0.25) is 0 Å². The Bertz CT molecular complexity index is 492. The van der Waals surface area contributed by atoms with Gasteiger partial charge in [-0.1, -0.05) is 18.2 Å². The van der Waals surface area contributed by atoms with Crippen molar-refractivity contribution >= 4 is 34.8 Å². The van der Waals surface area contributed by atoms with Crippen LogP contribution in [0, 0.1) is 5.41 Å². The molecule has 0 unspecified atom stereocenters. The van der Waals surface area contributed by atoms with Crippen molar-refractivity contribution in [2.75, 3.05) is 18.5 Å². The van der Waals surface area contributed by atoms with E-state index in [-0.39, 0.29) is 11.9 Å². The molecular formula is C15H20Cl2N2O. The Labute approximate surface area is 130 Å². The third-order valence-corrected chi connectivity index (χ3v) is 5.24. The zero-order valence-corrected chi connectivity index (χ0v) is 13.5. The molecule has 2 atom stereocenters. The van der Waals surface area contributed by atoms with E-state index in [0.717, 1.165) is 5.69 Å². The van der Waals surface area contributed by atoms with Crippen molar-refractivity contribution in [3.63, 3.8) is 0 Å². The quantitative estimate of drug-likeness (QED) is 0.846. The van der Waals surface area contributed by atoms with E-state index in [1.54, 1.807) is 6.92 Å². The molecule has 1 aliphatic rings. The molecule has 1 aromatic carbocycles. The number of para-hydroxylation sites is 1. The molecule has 2 rings (SSSR count). The molecule has 1 saturated carbocycles. The van der Waals surface area contributed by atoms with Crippen molar-refractivity contribution in [1.82, 2.24) is 5.32 Å². The molecule has 5 heteroatoms. The number of likely N-dealkylation sites (N-methyl/N-ethyl adjacent to an activating group) is 1. The highest BCUT2D eigenvalue weighted by Gasteiger charge is 2.67. The number of nitrogens with one attached hydrogen (secondary N) is 1. The second-order valence-electron chi connectivity index (χ2n) is 5.72. The lowest BCUT2D eigenvalue weighted by atomic mass is 10.1. The van der Waals surface area contributed by atoms with E-state index in [1.807, 2.05) is 37.4 Å². The lowest BCUT2D eigenvalue weighted by molar-refractivity contribution is -0.125. The van der Waals surface area contributed by atoms with Gasteiger partial charge in [0.05, 0.1) is 5.41 Å². The largest absolute Gasteiger partial charge is 0.370 e. The normalized spacial score (nSPS) is 24.9. The zero-order chi connectivity index (χ0) is 15.0. The van der Waals surface area contributed by atoms with Gasteiger partial charge in [0.2, 0.25) is 5.91 Å². The van der Waals surface area contributed by atoms with E-state index >= 15 is 0 Å². The van der Waals surface area contributed by atoms with Crippen LogP contribution in [0.5, 0.6) is 0 Å². The van der Waals surface area contributed by atoms with Crippen molar-refractivity contribution < 1.29 is 4.79 Å². The lowest BCUT2D eigenvalue weighted by Gasteiger charge is -2.27. The molecule has 1 N–H and O–H groups in total. The third-order valence-electron chi connectivity index (χ3n) is 4.14. The summed E-state index contributed by atoms with van der Waals surface area (Å²) in [6.45, 7) is 4.43. The van der Waals surface area contributed by atoms with Gasteiger partial charge in [-0.2, -0.15) is 0 Å². The summed E-state index contributed by atoms with van der Waals surface area (Å²) in [4.78, 5) is 14.2. The molecule has 20 heavy (non-hydrogen) atoms. The smallest absolute Gasteiger partial charge is 0.229 e. The third kappa shape index (κ3) is 2.89. The van der Waals surface area contributed by atoms with Gasteiger partial charge >= 0.3 is 0 Å². The van der Waals surface area contributed by atoms with Crippen LogP contribution in [0.3, 0.4) is 0 Å². The molecule has 3 nitrogen and oxygen atoms in total. The predicted molar refractivity (Wildman–Crippen MR) is 84.5 cm³/mol. The maximum atomic E-state index is 12.1. The first-order valence-electron chi connectivity index (χ1n) is 6.72. The fraction of sp³-hybridized carbons (Fsp3) is 0.533. The number of benzene rings is 1. The molecule has 1 aromatic rings. The van der Waals surface area contributed by atoms with Crippen LogP contribution in [-0.4, -0.2) is 29.9 Å². The number of anilines is 1. The van der Waals surface area contributed by atoms with E-state index in [4.69, 9.17) is 23.2 Å². The molecule has 0 aliphatic heterocycles. The second kappa shape index (κ2) is 5.45. The molecule has 0 heterocycles. The Morgan fingerprint density at radius 3 is 2.45 bits per heavy atom. The summed E-state index contributed by atoms with van der Waals surface area (Å²) in [5, 5.41) is 2.94. The molecule has 0 bridgehead atoms. The van der Waals surface area contributed by atoms with E-state index in [0.29, 0.717) is 13.0 Å². The highest BCUT2D eigenvalue weighted by atomic mass is 35.5. The minimum atomic E-state index is -0.911. The number of hydrogen-bond acceptors (Lipinski definition) is 2. The second-order valence-corrected chi connectivity index (χ2v) is 7.20. The van der Waals surface area contributed by atoms with Gasteiger partial charge in [0.1, 0.15) is 4.33 Å². The maximum Gasteiger partial charge on any atom is 0.229 e. The molecule has 1 fully saturated rings. The van der Waals surface area contributed by atoms with Gasteiger partial charge in [0.25, 0.3) is 0 Å². The van der Waals surface area contributed by atoms with Crippen molar-refractivity contribution in [3.05, 3.63) is 30.3 Å². The molecule has 1 aliphatic carbocycles. The minimum Gasteiger partial charge on any atom is -0.370 e. The van der Waals surface area contributed by atoms with Crippen LogP contribution in [0.4, 0.5) is 5.69 Å². The van der Waals surface area contributed by atoms with Crippen molar-refractivity contribution in [2.24, 2.45) is 5.41 Å². The van der Waals surface area contributed by atoms with Crippen LogP contribution >= 0.6 is 23.2 Å². The number of carbonyl (C=O) groups is 1. The Kier molecular flexibility index (Phi) is 4.22. The fourth-order valence-electron chi connectivity index (χ4n) is 2.14. The SMILES string of the molecule is C[C@@H](CNC(=O)[C@@]1(C)CC1(Cl)Cl)N(C)c1ccccc1. The zero-order valence-electron chi connectivity index (χ0n) is 12.0. The minimum absolute atomic E-state index is 0.0733. The highest BCUT2D eigenvalue weighted by molar-refractivity contribution is 6.53. The average Bonchev–Trinajstić information content (AvgIpc) is 2.96. The van der Waals surface area contributed by atoms with E-state index in [9.17, 15) is 4.79 Å². The fourth-order valence-corrected chi connectivity index (χ4v) is 2.84. The maximum absolute atomic E-state index is 12.1. The number of rotatable bonds is 5. The molecule has 1 amide bonds. The molecule has 0 saturated heterocycles. The topological polar surface area (TPSA) is 32.3 Å². The number of alkyl halides is 2. The number of nitrogens with zero attached hydrogens (tertiary/aromatic N) is 1. The van der Waals surface area contributed by atoms with Crippen LogP contribution in [-0.2, 0) is 4.79 Å². The van der Waals surface area contributed by atoms with Crippen molar-refractivity contribution in [3.8, 4) is 0 Å². The Balaban J connectivity index is 1.87. The van der Waals surface area contributed by atoms with Crippen LogP contribution in [0.15, 0.2) is 30.3 Å². The first-order valence-corrected chi connectivity index (χ1v) is 7.47. The summed E-state index contributed by atoms with van der Waals surface area (Å²) in [7, 11) is 2.01. The number of carbonyl (C=O) groups excluding carboxylic acids is 1. The van der Waals surface area contributed by atoms with Gasteiger partial charge in [-0.15, -0.1) is 23.2 Å². The predicted octanol–water partition coefficient (Wildman–Crippen LogP) is 3.21. The van der Waals surface area contributed by atoms with Gasteiger partial charge in [-0.25, -0.2) is 0 Å². The van der Waals surface area contributed by atoms with E-state index in [1.165, 1.54) is 0 Å². The first kappa shape index (κ1) is 15.5. The van der Waals surface area contributed by atoms with Gasteiger partial charge in [0, 0.05) is 25.3 Å². The van der Waals surface area contributed by atoms with Crippen LogP contribution < -0.4 is 10.2 Å². The van der Waals surface area contributed by atoms with Gasteiger partial charge < -0.3 is 10.2 Å². The monoisotopic (exact) mass is 314 g/mol. The summed E-state index contributed by atoms with van der Waals surface area (Å²) in [6.07, 6.45) is 0.512. The number of hydrogen-bond donors (Lipinski definition) is 1. The number of halogens is 2. The van der Waals surface area contributed by atoms with Crippen LogP contribution in [0.1, 0.15) is 20.3 Å². The Hall–Kier alpha value is -0.930. The van der Waals surface area contributed by atoms with E-state index in [2.05, 4.69) is 17.1 Å². The summed E-state index contributed by atoms with van der Waals surface area (Å²) in [5.74, 6) is -0.0733. The molecule has 0 radical (unpaired) electrons. The molecule has 0 aromatic heterocycles. The molecular weight excluding hydrogens is 295 g/mol. The summed E-state index contributed by atoms with van der Waals surface area (Å²) in [6, 6.07) is 10.3. The number of amides is 1. The Morgan fingerprint density at radius 2 is 1.95 bits per heavy atom. The molecule has 0 spiro atoms. The highest BCUT2D eigenvalue weighted by Crippen LogP contribution is 2.63. The summed E-state index contributed by atoms with van der Waals surface area (Å²) < 4.78 is -0.911. The lowest BCUT2D eigenvalue weighted by Crippen LogP contribution is -2.43. The van der Waals surface area contributed by atoms with Gasteiger partial charge in [-0.05, 0) is 32.4 Å². The summed E-state index contributed by atoms with van der Waals surface area (Å²) >= 11 is 12.0.